The molecule has 0 N–H and O–H groups in total. The van der Waals surface area contributed by atoms with Crippen LogP contribution in [0.4, 0.5) is 0 Å². The molecule has 1 aromatic carbocycles. The summed E-state index contributed by atoms with van der Waals surface area (Å²) in [4.78, 5) is 43.4. The number of carbonyl (C=O) groups is 3. The summed E-state index contributed by atoms with van der Waals surface area (Å²) in [5, 5.41) is 0.365. The molecule has 0 radical (unpaired) electrons. The van der Waals surface area contributed by atoms with Crippen LogP contribution in [0.2, 0.25) is 0 Å². The predicted octanol–water partition coefficient (Wildman–Crippen LogP) is 3.85. The molecule has 2 aliphatic rings. The summed E-state index contributed by atoms with van der Waals surface area (Å²) in [7, 11) is 0. The lowest BCUT2D eigenvalue weighted by Crippen LogP contribution is -2.40. The summed E-state index contributed by atoms with van der Waals surface area (Å²) >= 11 is 1.42. The van der Waals surface area contributed by atoms with Crippen molar-refractivity contribution in [2.24, 2.45) is 10.9 Å². The first-order valence-electron chi connectivity index (χ1n) is 9.97. The monoisotopic (exact) mass is 430 g/mol. The molecule has 2 aliphatic heterocycles. The van der Waals surface area contributed by atoms with Crippen molar-refractivity contribution in [2.45, 2.75) is 52.3 Å². The molecular formula is C22H26N2O5S. The van der Waals surface area contributed by atoms with E-state index < -0.39 is 18.0 Å². The third-order valence-electron chi connectivity index (χ3n) is 4.75. The molecule has 0 saturated carbocycles. The fourth-order valence-electron chi connectivity index (χ4n) is 3.37. The number of rotatable bonds is 6. The molecule has 0 aromatic heterocycles. The Morgan fingerprint density at radius 3 is 2.47 bits per heavy atom. The topological polar surface area (TPSA) is 85.3 Å². The summed E-state index contributed by atoms with van der Waals surface area (Å²) < 4.78 is 10.6. The van der Waals surface area contributed by atoms with Crippen LogP contribution in [-0.2, 0) is 19.1 Å². The van der Waals surface area contributed by atoms with E-state index in [4.69, 9.17) is 9.47 Å². The van der Waals surface area contributed by atoms with Crippen LogP contribution >= 0.6 is 11.8 Å². The quantitative estimate of drug-likeness (QED) is 0.503. The first kappa shape index (κ1) is 22.1. The van der Waals surface area contributed by atoms with Crippen LogP contribution in [0.1, 0.15) is 52.6 Å². The number of amidine groups is 1. The summed E-state index contributed by atoms with van der Waals surface area (Å²) in [6, 6.07) is 6.18. The number of benzene rings is 1. The Morgan fingerprint density at radius 1 is 1.23 bits per heavy atom. The van der Waals surface area contributed by atoms with E-state index in [0.29, 0.717) is 28.6 Å². The number of amides is 1. The maximum Gasteiger partial charge on any atom is 0.338 e. The molecule has 1 amide bonds. The molecule has 160 valence electrons. The Hall–Kier alpha value is -2.61. The van der Waals surface area contributed by atoms with Crippen molar-refractivity contribution in [1.29, 1.82) is 0 Å². The Bertz CT molecular complexity index is 920. The zero-order valence-electron chi connectivity index (χ0n) is 17.8. The first-order chi connectivity index (χ1) is 14.2. The van der Waals surface area contributed by atoms with Crippen LogP contribution < -0.4 is 4.74 Å². The van der Waals surface area contributed by atoms with Crippen molar-refractivity contribution in [3.63, 3.8) is 0 Å². The molecule has 1 fully saturated rings. The molecule has 7 nitrogen and oxygen atoms in total. The molecule has 1 aromatic rings. The van der Waals surface area contributed by atoms with Crippen LogP contribution in [0.5, 0.6) is 5.75 Å². The maximum atomic E-state index is 13.1. The highest BCUT2D eigenvalue weighted by molar-refractivity contribution is 8.15. The fourth-order valence-corrected chi connectivity index (χ4v) is 4.50. The van der Waals surface area contributed by atoms with E-state index >= 15 is 0 Å². The molecule has 3 rings (SSSR count). The van der Waals surface area contributed by atoms with E-state index in [1.807, 2.05) is 20.8 Å². The summed E-state index contributed by atoms with van der Waals surface area (Å²) in [5.74, 6) is -0.380. The Balaban J connectivity index is 2.03. The number of carbonyl (C=O) groups excluding carboxylic acids is 3. The minimum atomic E-state index is -0.639. The van der Waals surface area contributed by atoms with E-state index in [0.717, 1.165) is 5.56 Å². The number of ether oxygens (including phenoxy) is 2. The third-order valence-corrected chi connectivity index (χ3v) is 6.07. The van der Waals surface area contributed by atoms with Gasteiger partial charge in [0, 0.05) is 6.92 Å². The van der Waals surface area contributed by atoms with Gasteiger partial charge in [-0.2, -0.15) is 0 Å². The highest BCUT2D eigenvalue weighted by Gasteiger charge is 2.47. The normalized spacial score (nSPS) is 20.9. The van der Waals surface area contributed by atoms with Gasteiger partial charge in [-0.25, -0.2) is 9.79 Å². The van der Waals surface area contributed by atoms with Gasteiger partial charge in [-0.15, -0.1) is 0 Å². The average Bonchev–Trinajstić information content (AvgIpc) is 3.00. The zero-order valence-corrected chi connectivity index (χ0v) is 18.6. The maximum absolute atomic E-state index is 13.1. The van der Waals surface area contributed by atoms with E-state index in [1.165, 1.54) is 18.7 Å². The lowest BCUT2D eigenvalue weighted by atomic mass is 9.94. The number of esters is 2. The lowest BCUT2D eigenvalue weighted by Gasteiger charge is -2.33. The smallest absolute Gasteiger partial charge is 0.338 e. The van der Waals surface area contributed by atoms with E-state index in [2.05, 4.69) is 4.99 Å². The Labute approximate surface area is 180 Å². The van der Waals surface area contributed by atoms with Gasteiger partial charge >= 0.3 is 11.9 Å². The number of hydrogen-bond acceptors (Lipinski definition) is 7. The largest absolute Gasteiger partial charge is 0.462 e. The molecule has 8 heteroatoms. The molecule has 1 saturated heterocycles. The van der Waals surface area contributed by atoms with E-state index in [9.17, 15) is 14.4 Å². The molecule has 30 heavy (non-hydrogen) atoms. The Morgan fingerprint density at radius 2 is 1.90 bits per heavy atom. The molecule has 0 spiro atoms. The van der Waals surface area contributed by atoms with Gasteiger partial charge in [0.25, 0.3) is 0 Å². The number of allylic oxidation sites excluding steroid dienone is 1. The zero-order chi connectivity index (χ0) is 22.0. The first-order valence-corrected chi connectivity index (χ1v) is 10.9. The minimum absolute atomic E-state index is 0.0722. The van der Waals surface area contributed by atoms with Crippen molar-refractivity contribution in [3.05, 3.63) is 41.1 Å². The molecule has 2 heterocycles. The van der Waals surface area contributed by atoms with E-state index in [-0.39, 0.29) is 23.7 Å². The van der Waals surface area contributed by atoms with Crippen molar-refractivity contribution in [2.75, 3.05) is 6.61 Å². The van der Waals surface area contributed by atoms with Gasteiger partial charge in [0.1, 0.15) is 5.75 Å². The number of hydrogen-bond donors (Lipinski definition) is 0. The molecule has 0 unspecified atom stereocenters. The van der Waals surface area contributed by atoms with Gasteiger partial charge in [-0.1, -0.05) is 44.7 Å². The number of fused-ring (bicyclic) bond motifs is 1. The predicted molar refractivity (Wildman–Crippen MR) is 115 cm³/mol. The Kier molecular flexibility index (Phi) is 6.65. The van der Waals surface area contributed by atoms with Crippen molar-refractivity contribution in [1.82, 2.24) is 4.90 Å². The van der Waals surface area contributed by atoms with Gasteiger partial charge < -0.3 is 9.47 Å². The highest BCUT2D eigenvalue weighted by atomic mass is 32.2. The van der Waals surface area contributed by atoms with Gasteiger partial charge in [-0.05, 0) is 37.0 Å². The second-order valence-corrected chi connectivity index (χ2v) is 8.84. The third kappa shape index (κ3) is 4.43. The van der Waals surface area contributed by atoms with Crippen molar-refractivity contribution >= 4 is 34.8 Å². The lowest BCUT2D eigenvalue weighted by molar-refractivity contribution is -0.141. The summed E-state index contributed by atoms with van der Waals surface area (Å²) in [5.41, 5.74) is 1.62. The minimum Gasteiger partial charge on any atom is -0.462 e. The summed E-state index contributed by atoms with van der Waals surface area (Å²) in [6.45, 7) is 9.26. The second-order valence-electron chi connectivity index (χ2n) is 7.67. The van der Waals surface area contributed by atoms with Crippen LogP contribution in [-0.4, -0.2) is 39.8 Å². The van der Waals surface area contributed by atoms with Crippen molar-refractivity contribution < 1.29 is 23.9 Å². The molecule has 2 atom stereocenters. The van der Waals surface area contributed by atoms with Gasteiger partial charge in [0.05, 0.1) is 29.2 Å². The molecule has 0 aliphatic carbocycles. The highest BCUT2D eigenvalue weighted by Crippen LogP contribution is 2.44. The number of nitrogens with zero attached hydrogens (tertiary/aromatic N) is 2. The number of thioether (sulfide) groups is 1. The van der Waals surface area contributed by atoms with Crippen molar-refractivity contribution in [3.8, 4) is 5.75 Å². The van der Waals surface area contributed by atoms with Crippen LogP contribution in [0.3, 0.4) is 0 Å². The second kappa shape index (κ2) is 9.04. The molecular weight excluding hydrogens is 404 g/mol. The standard InChI is InChI=1S/C22H26N2O5S/c1-6-17-20(26)24-19(15-7-9-16(10-8-15)29-14(5)25)18(13(4)23-22(24)30-17)21(27)28-11-12(2)3/h7-10,12,17,19H,6,11H2,1-5H3/t17-,19-/m0/s1. The number of aliphatic imine (C=N–C) groups is 1. The van der Waals surface area contributed by atoms with E-state index in [1.54, 1.807) is 36.1 Å². The van der Waals surface area contributed by atoms with Crippen LogP contribution in [0.15, 0.2) is 40.5 Å². The fraction of sp³-hybridized carbons (Fsp3) is 0.455. The average molecular weight is 431 g/mol. The van der Waals surface area contributed by atoms with Crippen LogP contribution in [0, 0.1) is 5.92 Å². The van der Waals surface area contributed by atoms with Gasteiger partial charge in [0.15, 0.2) is 5.17 Å². The van der Waals surface area contributed by atoms with Crippen LogP contribution in [0.25, 0.3) is 0 Å². The molecule has 0 bridgehead atoms. The summed E-state index contributed by atoms with van der Waals surface area (Å²) in [6.07, 6.45) is 0.670. The van der Waals surface area contributed by atoms with Gasteiger partial charge in [-0.3, -0.25) is 14.5 Å². The SMILES string of the molecule is CC[C@@H]1SC2=NC(C)=C(C(=O)OCC(C)C)[C@H](c3ccc(OC(C)=O)cc3)N2C1=O. The van der Waals surface area contributed by atoms with Gasteiger partial charge in [0.2, 0.25) is 5.91 Å².